The Morgan fingerprint density at radius 2 is 1.80 bits per heavy atom. The summed E-state index contributed by atoms with van der Waals surface area (Å²) in [4.78, 5) is 4.89. The number of benzene rings is 2. The Kier molecular flexibility index (Phi) is 3.01. The maximum atomic E-state index is 9.92. The van der Waals surface area contributed by atoms with E-state index in [-0.39, 0.29) is 5.75 Å². The van der Waals surface area contributed by atoms with Crippen LogP contribution in [0, 0.1) is 0 Å². The summed E-state index contributed by atoms with van der Waals surface area (Å²) in [6.45, 7) is 0. The smallest absolute Gasteiger partial charge is 0.152 e. The zero-order chi connectivity index (χ0) is 16.8. The second-order valence-corrected chi connectivity index (χ2v) is 6.24. The molecule has 0 amide bonds. The summed E-state index contributed by atoms with van der Waals surface area (Å²) < 4.78 is 5.57. The number of aromatic nitrogens is 1. The first-order chi connectivity index (χ1) is 12.3. The Morgan fingerprint density at radius 1 is 0.880 bits per heavy atom. The predicted molar refractivity (Wildman–Crippen MR) is 97.3 cm³/mol. The van der Waals surface area contributed by atoms with Crippen LogP contribution in [0.3, 0.4) is 0 Å². The topological polar surface area (TPSA) is 46.3 Å². The highest BCUT2D eigenvalue weighted by atomic mass is 16.3. The molecule has 2 heterocycles. The molecule has 0 spiro atoms. The standard InChI is InChI=1S/C22H15NO2/c24-16-7-3-6-14(11-16)18-13-20(21-9-4-10-25-21)23-22-17-8-2-1-5-15(17)12-19(18)22/h1-11,13,24H,12H2. The molecule has 0 saturated heterocycles. The molecule has 25 heavy (non-hydrogen) atoms. The maximum Gasteiger partial charge on any atom is 0.152 e. The van der Waals surface area contributed by atoms with Gasteiger partial charge in [0, 0.05) is 12.0 Å². The highest BCUT2D eigenvalue weighted by Gasteiger charge is 2.24. The number of pyridine rings is 1. The van der Waals surface area contributed by atoms with Crippen LogP contribution < -0.4 is 0 Å². The van der Waals surface area contributed by atoms with Gasteiger partial charge >= 0.3 is 0 Å². The van der Waals surface area contributed by atoms with Crippen LogP contribution in [-0.4, -0.2) is 10.1 Å². The van der Waals surface area contributed by atoms with Crippen LogP contribution in [0.25, 0.3) is 33.8 Å². The molecule has 1 aliphatic carbocycles. The maximum absolute atomic E-state index is 9.92. The molecule has 1 N–H and O–H groups in total. The van der Waals surface area contributed by atoms with Gasteiger partial charge in [0.15, 0.2) is 5.76 Å². The van der Waals surface area contributed by atoms with Gasteiger partial charge in [-0.2, -0.15) is 0 Å². The fourth-order valence-electron chi connectivity index (χ4n) is 3.55. The number of fused-ring (bicyclic) bond motifs is 3. The van der Waals surface area contributed by atoms with Crippen molar-refractivity contribution in [3.8, 4) is 39.6 Å². The monoisotopic (exact) mass is 325 g/mol. The second-order valence-electron chi connectivity index (χ2n) is 6.24. The van der Waals surface area contributed by atoms with Crippen molar-refractivity contribution >= 4 is 0 Å². The van der Waals surface area contributed by atoms with Gasteiger partial charge in [-0.1, -0.05) is 36.4 Å². The van der Waals surface area contributed by atoms with Crippen molar-refractivity contribution in [2.45, 2.75) is 6.42 Å². The molecule has 0 bridgehead atoms. The summed E-state index contributed by atoms with van der Waals surface area (Å²) in [5.74, 6) is 1.01. The number of hydrogen-bond acceptors (Lipinski definition) is 3. The molecule has 3 heteroatoms. The molecule has 0 fully saturated rings. The molecule has 0 saturated carbocycles. The number of phenolic OH excluding ortho intramolecular Hbond substituents is 1. The van der Waals surface area contributed by atoms with Gasteiger partial charge in [0.05, 0.1) is 12.0 Å². The second kappa shape index (κ2) is 5.35. The van der Waals surface area contributed by atoms with Gasteiger partial charge in [-0.05, 0) is 52.6 Å². The molecular weight excluding hydrogens is 310 g/mol. The zero-order valence-corrected chi connectivity index (χ0v) is 13.4. The van der Waals surface area contributed by atoms with Gasteiger partial charge in [0.1, 0.15) is 11.4 Å². The van der Waals surface area contributed by atoms with Crippen molar-refractivity contribution in [2.24, 2.45) is 0 Å². The minimum absolute atomic E-state index is 0.262. The first-order valence-electron chi connectivity index (χ1n) is 8.25. The average molecular weight is 325 g/mol. The van der Waals surface area contributed by atoms with E-state index in [4.69, 9.17) is 9.40 Å². The van der Waals surface area contributed by atoms with E-state index in [1.54, 1.807) is 18.4 Å². The molecule has 0 aliphatic heterocycles. The Balaban J connectivity index is 1.80. The van der Waals surface area contributed by atoms with E-state index >= 15 is 0 Å². The number of furan rings is 1. The molecule has 0 unspecified atom stereocenters. The van der Waals surface area contributed by atoms with Gasteiger partial charge in [-0.15, -0.1) is 0 Å². The predicted octanol–water partition coefficient (Wildman–Crippen LogP) is 5.29. The first-order valence-corrected chi connectivity index (χ1v) is 8.25. The number of phenols is 1. The van der Waals surface area contributed by atoms with Crippen molar-refractivity contribution in [2.75, 3.05) is 0 Å². The third kappa shape index (κ3) is 2.24. The van der Waals surface area contributed by atoms with E-state index in [0.29, 0.717) is 0 Å². The van der Waals surface area contributed by atoms with E-state index in [2.05, 4.69) is 24.3 Å². The van der Waals surface area contributed by atoms with E-state index in [1.165, 1.54) is 16.7 Å². The summed E-state index contributed by atoms with van der Waals surface area (Å²) in [5.41, 5.74) is 7.53. The van der Waals surface area contributed by atoms with Gasteiger partial charge in [-0.3, -0.25) is 0 Å². The van der Waals surface area contributed by atoms with Crippen LogP contribution in [0.15, 0.2) is 77.4 Å². The van der Waals surface area contributed by atoms with Crippen molar-refractivity contribution in [1.82, 2.24) is 4.98 Å². The van der Waals surface area contributed by atoms with E-state index in [0.717, 1.165) is 34.7 Å². The van der Waals surface area contributed by atoms with Crippen LogP contribution in [0.2, 0.25) is 0 Å². The van der Waals surface area contributed by atoms with Gasteiger partial charge in [-0.25, -0.2) is 4.98 Å². The van der Waals surface area contributed by atoms with Crippen LogP contribution in [0.4, 0.5) is 0 Å². The summed E-state index contributed by atoms with van der Waals surface area (Å²) in [7, 11) is 0. The molecule has 3 nitrogen and oxygen atoms in total. The Bertz CT molecular complexity index is 1080. The molecule has 120 valence electrons. The van der Waals surface area contributed by atoms with Crippen molar-refractivity contribution in [1.29, 1.82) is 0 Å². The zero-order valence-electron chi connectivity index (χ0n) is 13.4. The van der Waals surface area contributed by atoms with Crippen molar-refractivity contribution < 1.29 is 9.52 Å². The lowest BCUT2D eigenvalue weighted by atomic mass is 9.97. The summed E-state index contributed by atoms with van der Waals surface area (Å²) in [6, 6.07) is 21.6. The normalized spacial score (nSPS) is 12.0. The highest BCUT2D eigenvalue weighted by Crippen LogP contribution is 2.42. The minimum atomic E-state index is 0.262. The largest absolute Gasteiger partial charge is 0.508 e. The summed E-state index contributed by atoms with van der Waals surface area (Å²) in [6.07, 6.45) is 2.51. The highest BCUT2D eigenvalue weighted by molar-refractivity contribution is 5.85. The lowest BCUT2D eigenvalue weighted by Crippen LogP contribution is -1.94. The quantitative estimate of drug-likeness (QED) is 0.480. The van der Waals surface area contributed by atoms with Crippen molar-refractivity contribution in [3.63, 3.8) is 0 Å². The van der Waals surface area contributed by atoms with Crippen LogP contribution in [-0.2, 0) is 6.42 Å². The molecule has 0 atom stereocenters. The summed E-state index contributed by atoms with van der Waals surface area (Å²) >= 11 is 0. The molecule has 0 radical (unpaired) electrons. The minimum Gasteiger partial charge on any atom is -0.508 e. The average Bonchev–Trinajstić information content (AvgIpc) is 3.29. The number of rotatable bonds is 2. The fraction of sp³-hybridized carbons (Fsp3) is 0.0455. The Hall–Kier alpha value is -3.33. The van der Waals surface area contributed by atoms with Gasteiger partial charge < -0.3 is 9.52 Å². The lowest BCUT2D eigenvalue weighted by molar-refractivity contribution is 0.475. The van der Waals surface area contributed by atoms with Crippen LogP contribution >= 0.6 is 0 Å². The van der Waals surface area contributed by atoms with Gasteiger partial charge in [0.25, 0.3) is 0 Å². The van der Waals surface area contributed by atoms with E-state index in [1.807, 2.05) is 30.3 Å². The molecule has 4 aromatic rings. The SMILES string of the molecule is Oc1cccc(-c2cc(-c3ccco3)nc3c2Cc2ccccc2-3)c1. The summed E-state index contributed by atoms with van der Waals surface area (Å²) in [5, 5.41) is 9.92. The van der Waals surface area contributed by atoms with Crippen LogP contribution in [0.1, 0.15) is 11.1 Å². The van der Waals surface area contributed by atoms with Gasteiger partial charge in [0.2, 0.25) is 0 Å². The van der Waals surface area contributed by atoms with E-state index < -0.39 is 0 Å². The lowest BCUT2D eigenvalue weighted by Gasteiger charge is -2.11. The number of nitrogens with zero attached hydrogens (tertiary/aromatic N) is 1. The third-order valence-corrected chi connectivity index (χ3v) is 4.69. The Labute approximate surface area is 145 Å². The molecule has 1 aliphatic rings. The first kappa shape index (κ1) is 14.1. The Morgan fingerprint density at radius 3 is 2.64 bits per heavy atom. The number of aromatic hydroxyl groups is 1. The van der Waals surface area contributed by atoms with Crippen LogP contribution in [0.5, 0.6) is 5.75 Å². The molecule has 2 aromatic carbocycles. The molecule has 2 aromatic heterocycles. The third-order valence-electron chi connectivity index (χ3n) is 4.69. The fourth-order valence-corrected chi connectivity index (χ4v) is 3.55. The number of hydrogen-bond donors (Lipinski definition) is 1. The molecular formula is C22H15NO2. The molecule has 5 rings (SSSR count). The van der Waals surface area contributed by atoms with E-state index in [9.17, 15) is 5.11 Å². The van der Waals surface area contributed by atoms with Crippen molar-refractivity contribution in [3.05, 3.63) is 84.1 Å².